The predicted octanol–water partition coefficient (Wildman–Crippen LogP) is 4.17. The number of oxime groups is 1. The maximum Gasteiger partial charge on any atom is 0.286 e. The van der Waals surface area contributed by atoms with E-state index in [2.05, 4.69) is 19.0 Å². The third-order valence-electron chi connectivity index (χ3n) is 8.81. The Balaban J connectivity index is 1.32. The van der Waals surface area contributed by atoms with E-state index in [0.717, 1.165) is 42.0 Å². The topological polar surface area (TPSA) is 71.4 Å². The average Bonchev–Trinajstić information content (AvgIpc) is 3.57. The minimum Gasteiger partial charge on any atom is -0.497 e. The molecule has 7 nitrogen and oxygen atoms in total. The number of carbonyl (C=O) groups is 2. The van der Waals surface area contributed by atoms with Gasteiger partial charge in [0.1, 0.15) is 5.75 Å². The summed E-state index contributed by atoms with van der Waals surface area (Å²) in [6, 6.07) is 16.9. The van der Waals surface area contributed by atoms with Crippen molar-refractivity contribution < 1.29 is 19.2 Å². The SMILES string of the molecule is COc1ccc(C2=NO[C@@H](C(=O)N3C4CC5CCC4(C(=O)N3c3ccccc3)C5(C)C)C2)cc1. The second-order valence-electron chi connectivity index (χ2n) is 10.4. The van der Waals surface area contributed by atoms with Gasteiger partial charge in [-0.25, -0.2) is 10.0 Å². The average molecular weight is 460 g/mol. The van der Waals surface area contributed by atoms with E-state index >= 15 is 0 Å². The van der Waals surface area contributed by atoms with Gasteiger partial charge in [0.05, 0.1) is 30.0 Å². The van der Waals surface area contributed by atoms with E-state index in [1.807, 2.05) is 54.6 Å². The molecule has 2 bridgehead atoms. The maximum atomic E-state index is 14.1. The van der Waals surface area contributed by atoms with Crippen LogP contribution in [0.15, 0.2) is 59.8 Å². The molecule has 0 N–H and O–H groups in total. The van der Waals surface area contributed by atoms with Crippen LogP contribution < -0.4 is 9.75 Å². The number of hydrazine groups is 1. The quantitative estimate of drug-likeness (QED) is 0.688. The molecule has 2 heterocycles. The summed E-state index contributed by atoms with van der Waals surface area (Å²) in [6.07, 6.45) is 2.30. The lowest BCUT2D eigenvalue weighted by Crippen LogP contribution is -2.51. The number of hydrogen-bond donors (Lipinski definition) is 0. The molecule has 2 aliphatic carbocycles. The number of fused-ring (bicyclic) bond motifs is 1. The van der Waals surface area contributed by atoms with Crippen LogP contribution in [-0.4, -0.2) is 41.8 Å². The number of rotatable bonds is 4. The molecule has 4 atom stereocenters. The fourth-order valence-electron chi connectivity index (χ4n) is 6.86. The Morgan fingerprint density at radius 2 is 1.85 bits per heavy atom. The molecule has 1 saturated heterocycles. The van der Waals surface area contributed by atoms with Crippen LogP contribution in [0.2, 0.25) is 0 Å². The van der Waals surface area contributed by atoms with E-state index in [-0.39, 0.29) is 23.3 Å². The molecule has 176 valence electrons. The lowest BCUT2D eigenvalue weighted by Gasteiger charge is -2.35. The van der Waals surface area contributed by atoms with Crippen LogP contribution in [0.1, 0.15) is 45.1 Å². The number of amides is 2. The Morgan fingerprint density at radius 3 is 2.53 bits per heavy atom. The number of nitrogens with zero attached hydrogens (tertiary/aromatic N) is 3. The number of para-hydroxylation sites is 1. The Morgan fingerprint density at radius 1 is 1.12 bits per heavy atom. The molecule has 2 amide bonds. The van der Waals surface area contributed by atoms with Crippen LogP contribution in [-0.2, 0) is 14.4 Å². The van der Waals surface area contributed by atoms with Crippen LogP contribution in [0.5, 0.6) is 5.75 Å². The van der Waals surface area contributed by atoms with Crippen LogP contribution in [0.4, 0.5) is 5.69 Å². The lowest BCUT2D eigenvalue weighted by atomic mass is 9.67. The molecular weight excluding hydrogens is 430 g/mol. The first-order valence-electron chi connectivity index (χ1n) is 12.0. The van der Waals surface area contributed by atoms with Gasteiger partial charge < -0.3 is 9.57 Å². The van der Waals surface area contributed by atoms with Crippen molar-refractivity contribution in [3.8, 4) is 5.75 Å². The Labute approximate surface area is 199 Å². The van der Waals surface area contributed by atoms with Gasteiger partial charge in [0.25, 0.3) is 11.8 Å². The molecule has 2 aromatic rings. The highest BCUT2D eigenvalue weighted by molar-refractivity contribution is 6.08. The van der Waals surface area contributed by atoms with Gasteiger partial charge in [-0.1, -0.05) is 37.2 Å². The highest BCUT2D eigenvalue weighted by atomic mass is 16.6. The minimum absolute atomic E-state index is 0.0383. The fraction of sp³-hybridized carbons (Fsp3) is 0.444. The van der Waals surface area contributed by atoms with E-state index in [4.69, 9.17) is 9.57 Å². The van der Waals surface area contributed by atoms with E-state index < -0.39 is 11.5 Å². The molecular formula is C27H29N3O4. The first-order valence-corrected chi connectivity index (χ1v) is 12.0. The summed E-state index contributed by atoms with van der Waals surface area (Å²) in [4.78, 5) is 33.8. The second kappa shape index (κ2) is 7.32. The number of methoxy groups -OCH3 is 1. The summed E-state index contributed by atoms with van der Waals surface area (Å²) in [5.41, 5.74) is 1.63. The zero-order chi connectivity index (χ0) is 23.7. The Kier molecular flexibility index (Phi) is 4.57. The molecule has 2 aliphatic heterocycles. The van der Waals surface area contributed by atoms with Crippen molar-refractivity contribution in [2.75, 3.05) is 12.1 Å². The fourth-order valence-corrected chi connectivity index (χ4v) is 6.86. The number of hydrogen-bond acceptors (Lipinski definition) is 5. The molecule has 2 aromatic carbocycles. The largest absolute Gasteiger partial charge is 0.497 e. The number of carbonyl (C=O) groups excluding carboxylic acids is 2. The molecule has 7 heteroatoms. The first-order chi connectivity index (χ1) is 16.4. The number of ether oxygens (including phenoxy) is 1. The van der Waals surface area contributed by atoms with Crippen LogP contribution in [0, 0.1) is 16.7 Å². The van der Waals surface area contributed by atoms with Crippen molar-refractivity contribution in [1.82, 2.24) is 5.01 Å². The Hall–Kier alpha value is -3.35. The summed E-state index contributed by atoms with van der Waals surface area (Å²) in [5.74, 6) is 1.03. The van der Waals surface area contributed by atoms with Gasteiger partial charge in [-0.2, -0.15) is 0 Å². The molecule has 0 aromatic heterocycles. The normalized spacial score (nSPS) is 30.9. The summed E-state index contributed by atoms with van der Waals surface area (Å²) in [6.45, 7) is 4.41. The molecule has 3 unspecified atom stereocenters. The van der Waals surface area contributed by atoms with Gasteiger partial charge in [0.15, 0.2) is 0 Å². The standard InChI is InChI=1S/C27H29N3O4/c1-26(2)18-13-14-27(26)23(15-18)30(29(25(27)32)19-7-5-4-6-8-19)24(31)22-16-21(28-34-22)17-9-11-20(33-3)12-10-17/h4-12,18,22-23H,13-16H2,1-3H3/t18?,22-,23?,27?/m1/s1. The van der Waals surface area contributed by atoms with Gasteiger partial charge in [0.2, 0.25) is 6.10 Å². The zero-order valence-electron chi connectivity index (χ0n) is 19.7. The van der Waals surface area contributed by atoms with Gasteiger partial charge in [0, 0.05) is 6.42 Å². The summed E-state index contributed by atoms with van der Waals surface area (Å²) in [5, 5.41) is 7.59. The third kappa shape index (κ3) is 2.67. The van der Waals surface area contributed by atoms with Gasteiger partial charge in [-0.05, 0) is 72.6 Å². The first kappa shape index (κ1) is 21.2. The molecule has 34 heavy (non-hydrogen) atoms. The maximum absolute atomic E-state index is 14.1. The lowest BCUT2D eigenvalue weighted by molar-refractivity contribution is -0.145. The van der Waals surface area contributed by atoms with Gasteiger partial charge in [-0.15, -0.1) is 0 Å². The van der Waals surface area contributed by atoms with E-state index in [1.54, 1.807) is 17.1 Å². The summed E-state index contributed by atoms with van der Waals surface area (Å²) >= 11 is 0. The molecule has 2 saturated carbocycles. The number of anilines is 1. The zero-order valence-corrected chi connectivity index (χ0v) is 19.7. The molecule has 1 spiro atoms. The highest BCUT2D eigenvalue weighted by Gasteiger charge is 2.75. The van der Waals surface area contributed by atoms with Crippen molar-refractivity contribution >= 4 is 23.2 Å². The smallest absolute Gasteiger partial charge is 0.286 e. The summed E-state index contributed by atoms with van der Waals surface area (Å²) in [7, 11) is 1.62. The second-order valence-corrected chi connectivity index (χ2v) is 10.4. The molecule has 6 rings (SSSR count). The van der Waals surface area contributed by atoms with Crippen molar-refractivity contribution in [3.05, 3.63) is 60.2 Å². The van der Waals surface area contributed by atoms with Crippen LogP contribution in [0.3, 0.4) is 0 Å². The van der Waals surface area contributed by atoms with Crippen LogP contribution >= 0.6 is 0 Å². The molecule has 4 aliphatic rings. The Bertz CT molecular complexity index is 1180. The van der Waals surface area contributed by atoms with Gasteiger partial charge >= 0.3 is 0 Å². The molecule has 0 radical (unpaired) electrons. The minimum atomic E-state index is -0.756. The molecule has 3 fully saturated rings. The van der Waals surface area contributed by atoms with Crippen molar-refractivity contribution in [1.29, 1.82) is 0 Å². The van der Waals surface area contributed by atoms with Crippen molar-refractivity contribution in [3.63, 3.8) is 0 Å². The van der Waals surface area contributed by atoms with Crippen LogP contribution in [0.25, 0.3) is 0 Å². The van der Waals surface area contributed by atoms with Gasteiger partial charge in [-0.3, -0.25) is 9.59 Å². The van der Waals surface area contributed by atoms with Crippen molar-refractivity contribution in [2.45, 2.75) is 51.7 Å². The van der Waals surface area contributed by atoms with Crippen molar-refractivity contribution in [2.24, 2.45) is 21.9 Å². The third-order valence-corrected chi connectivity index (χ3v) is 8.81. The predicted molar refractivity (Wildman–Crippen MR) is 127 cm³/mol. The van der Waals surface area contributed by atoms with E-state index in [1.165, 1.54) is 0 Å². The summed E-state index contributed by atoms with van der Waals surface area (Å²) < 4.78 is 5.23. The van der Waals surface area contributed by atoms with E-state index in [9.17, 15) is 9.59 Å². The number of benzene rings is 2. The van der Waals surface area contributed by atoms with E-state index in [0.29, 0.717) is 12.3 Å². The monoisotopic (exact) mass is 459 g/mol. The highest BCUT2D eigenvalue weighted by Crippen LogP contribution is 2.70.